The molecule has 2 aromatic carbocycles. The van der Waals surface area contributed by atoms with Crippen molar-refractivity contribution in [1.82, 2.24) is 14.9 Å². The fraction of sp³-hybridized carbons (Fsp3) is 0.321. The minimum absolute atomic E-state index is 0.195. The number of fused-ring (bicyclic) bond motifs is 1. The summed E-state index contributed by atoms with van der Waals surface area (Å²) in [5.74, 6) is 0. The van der Waals surface area contributed by atoms with E-state index in [9.17, 15) is 0 Å². The number of pyridine rings is 1. The number of likely N-dealkylation sites (tertiary alicyclic amines) is 1. The summed E-state index contributed by atoms with van der Waals surface area (Å²) in [5.41, 5.74) is 6.70. The Morgan fingerprint density at radius 2 is 1.74 bits per heavy atom. The lowest BCUT2D eigenvalue weighted by Gasteiger charge is -2.36. The van der Waals surface area contributed by atoms with Crippen LogP contribution in [0.1, 0.15) is 12.8 Å². The first-order chi connectivity index (χ1) is 16.5. The summed E-state index contributed by atoms with van der Waals surface area (Å²) >= 11 is 0. The number of nitrogens with zero attached hydrogens (tertiary/aromatic N) is 3. The minimum Gasteiger partial charge on any atom is -0.372 e. The number of rotatable bonds is 6. The monoisotopic (exact) mass is 471 g/mol. The first kappa shape index (κ1) is 22.9. The smallest absolute Gasteiger partial charge is 0.139 e. The average Bonchev–Trinajstić information content (AvgIpc) is 3.30. The molecule has 0 amide bonds. The van der Waals surface area contributed by atoms with Crippen LogP contribution >= 0.6 is 7.92 Å². The van der Waals surface area contributed by atoms with E-state index in [1.54, 1.807) is 0 Å². The van der Waals surface area contributed by atoms with Gasteiger partial charge in [0.1, 0.15) is 5.65 Å². The van der Waals surface area contributed by atoms with Crippen molar-refractivity contribution in [3.05, 3.63) is 66.9 Å². The van der Waals surface area contributed by atoms with Gasteiger partial charge in [-0.3, -0.25) is 0 Å². The molecule has 0 unspecified atom stereocenters. The van der Waals surface area contributed by atoms with E-state index in [0.29, 0.717) is 6.04 Å². The molecule has 0 radical (unpaired) electrons. The number of anilines is 3. The fourth-order valence-electron chi connectivity index (χ4n) is 4.88. The Kier molecular flexibility index (Phi) is 6.58. The van der Waals surface area contributed by atoms with Crippen LogP contribution in [0.3, 0.4) is 0 Å². The molecular weight excluding hydrogens is 437 g/mol. The molecule has 0 spiro atoms. The second-order valence-corrected chi connectivity index (χ2v) is 11.8. The van der Waals surface area contributed by atoms with Gasteiger partial charge in [0, 0.05) is 41.7 Å². The Labute approximate surface area is 204 Å². The number of aromatic amines is 1. The van der Waals surface area contributed by atoms with Gasteiger partial charge < -0.3 is 20.1 Å². The van der Waals surface area contributed by atoms with Crippen LogP contribution in [-0.4, -0.2) is 61.4 Å². The van der Waals surface area contributed by atoms with Crippen molar-refractivity contribution in [1.29, 1.82) is 0 Å². The zero-order valence-electron chi connectivity index (χ0n) is 20.5. The number of hydrogen-bond donors (Lipinski definition) is 2. The molecule has 2 N–H and O–H groups in total. The van der Waals surface area contributed by atoms with E-state index < -0.39 is 0 Å². The highest BCUT2D eigenvalue weighted by Gasteiger charge is 2.21. The van der Waals surface area contributed by atoms with Gasteiger partial charge in [-0.05, 0) is 87.5 Å². The highest BCUT2D eigenvalue weighted by atomic mass is 31.1. The van der Waals surface area contributed by atoms with E-state index in [2.05, 4.69) is 113 Å². The number of hydrogen-bond acceptors (Lipinski definition) is 4. The number of aromatic nitrogens is 2. The molecule has 0 aliphatic carbocycles. The molecule has 5 rings (SSSR count). The predicted octanol–water partition coefficient (Wildman–Crippen LogP) is 5.87. The van der Waals surface area contributed by atoms with Crippen molar-refractivity contribution in [2.24, 2.45) is 0 Å². The fourth-order valence-corrected chi connectivity index (χ4v) is 5.87. The van der Waals surface area contributed by atoms with Gasteiger partial charge in [0.25, 0.3) is 0 Å². The summed E-state index contributed by atoms with van der Waals surface area (Å²) in [6.07, 6.45) is 4.31. The maximum absolute atomic E-state index is 4.60. The molecule has 0 bridgehead atoms. The normalized spacial score (nSPS) is 15.2. The van der Waals surface area contributed by atoms with Gasteiger partial charge in [-0.1, -0.05) is 38.3 Å². The van der Waals surface area contributed by atoms with E-state index in [1.807, 2.05) is 6.20 Å². The summed E-state index contributed by atoms with van der Waals surface area (Å²) < 4.78 is 0. The average molecular weight is 472 g/mol. The largest absolute Gasteiger partial charge is 0.372 e. The Morgan fingerprint density at radius 3 is 2.47 bits per heavy atom. The Morgan fingerprint density at radius 1 is 1.00 bits per heavy atom. The van der Waals surface area contributed by atoms with Crippen LogP contribution in [0.5, 0.6) is 0 Å². The van der Waals surface area contributed by atoms with Crippen molar-refractivity contribution >= 4 is 41.3 Å². The molecule has 4 aromatic rings. The van der Waals surface area contributed by atoms with Crippen molar-refractivity contribution < 1.29 is 0 Å². The predicted molar refractivity (Wildman–Crippen MR) is 149 cm³/mol. The molecule has 1 fully saturated rings. The van der Waals surface area contributed by atoms with E-state index in [1.165, 1.54) is 48.2 Å². The molecule has 6 heteroatoms. The van der Waals surface area contributed by atoms with Crippen molar-refractivity contribution in [3.63, 3.8) is 0 Å². The number of H-pyrrole nitrogens is 1. The van der Waals surface area contributed by atoms with Crippen molar-refractivity contribution in [3.8, 4) is 11.3 Å². The van der Waals surface area contributed by atoms with Crippen LogP contribution in [-0.2, 0) is 0 Å². The third-order valence-corrected chi connectivity index (χ3v) is 8.36. The third kappa shape index (κ3) is 4.68. The van der Waals surface area contributed by atoms with E-state index in [-0.39, 0.29) is 7.92 Å². The molecule has 0 saturated carbocycles. The van der Waals surface area contributed by atoms with Gasteiger partial charge in [-0.15, -0.1) is 0 Å². The Balaban J connectivity index is 1.39. The van der Waals surface area contributed by atoms with Gasteiger partial charge in [-0.25, -0.2) is 4.98 Å². The second kappa shape index (κ2) is 9.77. The molecule has 5 nitrogen and oxygen atoms in total. The van der Waals surface area contributed by atoms with E-state index in [4.69, 9.17) is 0 Å². The summed E-state index contributed by atoms with van der Waals surface area (Å²) in [4.78, 5) is 13.0. The number of para-hydroxylation sites is 1. The van der Waals surface area contributed by atoms with Crippen LogP contribution in [0.2, 0.25) is 0 Å². The number of benzene rings is 2. The summed E-state index contributed by atoms with van der Waals surface area (Å²) in [6.45, 7) is 6.93. The van der Waals surface area contributed by atoms with E-state index >= 15 is 0 Å². The lowest BCUT2D eigenvalue weighted by Crippen LogP contribution is -2.41. The maximum Gasteiger partial charge on any atom is 0.139 e. The van der Waals surface area contributed by atoms with Gasteiger partial charge >= 0.3 is 0 Å². The lowest BCUT2D eigenvalue weighted by molar-refractivity contribution is 0.253. The standard InChI is InChI=1S/C28H34N5P/c1-32-17-14-22(15-18-32)33(2)21-11-9-20(10-12-21)26-19-23-24(13-16-29-28(23)31-26)30-25-7-5-6-8-27(25)34(3)4/h5-13,16,19,22H,14-15,17-18H2,1-4H3,(H2,29,30,31). The van der Waals surface area contributed by atoms with Gasteiger partial charge in [-0.2, -0.15) is 0 Å². The summed E-state index contributed by atoms with van der Waals surface area (Å²) in [6, 6.07) is 22.4. The molecule has 34 heavy (non-hydrogen) atoms. The molecule has 1 saturated heterocycles. The topological polar surface area (TPSA) is 47.2 Å². The minimum atomic E-state index is -0.195. The van der Waals surface area contributed by atoms with Crippen LogP contribution < -0.4 is 15.5 Å². The molecule has 1 aliphatic heterocycles. The van der Waals surface area contributed by atoms with Gasteiger partial charge in [0.05, 0.1) is 5.69 Å². The zero-order chi connectivity index (χ0) is 23.7. The van der Waals surface area contributed by atoms with Crippen molar-refractivity contribution in [2.45, 2.75) is 18.9 Å². The first-order valence-electron chi connectivity index (χ1n) is 12.0. The van der Waals surface area contributed by atoms with Crippen LogP contribution in [0.25, 0.3) is 22.3 Å². The third-order valence-electron chi connectivity index (χ3n) is 7.01. The number of piperidine rings is 1. The number of nitrogens with one attached hydrogen (secondary N) is 2. The molecule has 3 heterocycles. The van der Waals surface area contributed by atoms with Crippen LogP contribution in [0.4, 0.5) is 17.1 Å². The highest BCUT2D eigenvalue weighted by Crippen LogP contribution is 2.33. The summed E-state index contributed by atoms with van der Waals surface area (Å²) in [7, 11) is 4.25. The molecular formula is C28H34N5P. The van der Waals surface area contributed by atoms with Gasteiger partial charge in [0.2, 0.25) is 0 Å². The van der Waals surface area contributed by atoms with E-state index in [0.717, 1.165) is 22.4 Å². The Hall–Kier alpha value is -2.88. The quantitative estimate of drug-likeness (QED) is 0.345. The maximum atomic E-state index is 4.60. The molecule has 0 atom stereocenters. The molecule has 2 aromatic heterocycles. The SMILES string of the molecule is CN1CCC(N(C)c2ccc(-c3cc4c(Nc5ccccc5P(C)C)ccnc4[nH]3)cc2)CC1. The lowest BCUT2D eigenvalue weighted by atomic mass is 10.0. The van der Waals surface area contributed by atoms with Crippen LogP contribution in [0, 0.1) is 0 Å². The first-order valence-corrected chi connectivity index (χ1v) is 14.3. The highest BCUT2D eigenvalue weighted by molar-refractivity contribution is 7.64. The zero-order valence-corrected chi connectivity index (χ0v) is 21.4. The van der Waals surface area contributed by atoms with Crippen LogP contribution in [0.15, 0.2) is 66.9 Å². The second-order valence-electron chi connectivity index (χ2n) is 9.53. The Bertz CT molecular complexity index is 1260. The molecule has 1 aliphatic rings. The van der Waals surface area contributed by atoms with Crippen molar-refractivity contribution in [2.75, 3.05) is 50.7 Å². The molecule has 176 valence electrons. The summed E-state index contributed by atoms with van der Waals surface area (Å²) in [5, 5.41) is 6.16. The van der Waals surface area contributed by atoms with Gasteiger partial charge in [0.15, 0.2) is 0 Å².